The van der Waals surface area contributed by atoms with Crippen LogP contribution in [0.25, 0.3) is 0 Å². The highest BCUT2D eigenvalue weighted by atomic mass is 79.9. The van der Waals surface area contributed by atoms with Gasteiger partial charge in [0.25, 0.3) is 0 Å². The first-order valence-corrected chi connectivity index (χ1v) is 8.10. The van der Waals surface area contributed by atoms with Crippen LogP contribution < -0.4 is 0 Å². The summed E-state index contributed by atoms with van der Waals surface area (Å²) < 4.78 is 1.15. The lowest BCUT2D eigenvalue weighted by Crippen LogP contribution is -2.34. The molecule has 0 saturated heterocycles. The van der Waals surface area contributed by atoms with Gasteiger partial charge in [-0.2, -0.15) is 12.6 Å². The Morgan fingerprint density at radius 3 is 2.39 bits per heavy atom. The van der Waals surface area contributed by atoms with Crippen LogP contribution in [-0.2, 0) is 6.54 Å². The summed E-state index contributed by atoms with van der Waals surface area (Å²) in [5.74, 6) is 1.03. The van der Waals surface area contributed by atoms with E-state index in [0.717, 1.165) is 16.8 Å². The Balaban J connectivity index is 1.91. The fraction of sp³-hybridized carbons (Fsp3) is 0.600. The Morgan fingerprint density at radius 1 is 1.22 bits per heavy atom. The molecule has 0 unspecified atom stereocenters. The van der Waals surface area contributed by atoms with Crippen molar-refractivity contribution in [2.75, 3.05) is 19.3 Å². The highest BCUT2D eigenvalue weighted by molar-refractivity contribution is 9.10. The van der Waals surface area contributed by atoms with Crippen molar-refractivity contribution in [3.8, 4) is 0 Å². The van der Waals surface area contributed by atoms with Gasteiger partial charge in [0.1, 0.15) is 0 Å². The third-order valence-corrected chi connectivity index (χ3v) is 5.17. The zero-order valence-electron chi connectivity index (χ0n) is 11.0. The van der Waals surface area contributed by atoms with E-state index < -0.39 is 0 Å². The molecular formula is C15H22BrNS. The van der Waals surface area contributed by atoms with Gasteiger partial charge in [0.2, 0.25) is 0 Å². The molecule has 1 saturated carbocycles. The minimum absolute atomic E-state index is 0.466. The predicted octanol–water partition coefficient (Wildman–Crippen LogP) is 4.37. The highest BCUT2D eigenvalue weighted by Gasteiger charge is 2.33. The molecule has 1 aliphatic rings. The van der Waals surface area contributed by atoms with Crippen molar-refractivity contribution in [3.05, 3.63) is 34.3 Å². The first kappa shape index (κ1) is 14.4. The Bertz CT molecular complexity index is 371. The molecule has 0 N–H and O–H groups in total. The van der Waals surface area contributed by atoms with Crippen molar-refractivity contribution < 1.29 is 0 Å². The number of benzene rings is 1. The molecule has 100 valence electrons. The molecule has 0 aliphatic heterocycles. The van der Waals surface area contributed by atoms with E-state index in [0.29, 0.717) is 5.41 Å². The summed E-state index contributed by atoms with van der Waals surface area (Å²) in [6.07, 6.45) is 5.46. The summed E-state index contributed by atoms with van der Waals surface area (Å²) in [6, 6.07) is 8.63. The number of rotatable bonds is 5. The standard InChI is InChI=1S/C15H22BrNS/c1-17(10-13-4-6-14(16)7-5-13)11-15(12-18)8-2-3-9-15/h4-7,18H,2-3,8-12H2,1H3. The molecule has 1 aromatic carbocycles. The average molecular weight is 328 g/mol. The number of hydrogen-bond acceptors (Lipinski definition) is 2. The first-order valence-electron chi connectivity index (χ1n) is 6.67. The van der Waals surface area contributed by atoms with E-state index in [2.05, 4.69) is 64.8 Å². The Labute approximate surface area is 124 Å². The van der Waals surface area contributed by atoms with Crippen LogP contribution in [0.3, 0.4) is 0 Å². The quantitative estimate of drug-likeness (QED) is 0.786. The van der Waals surface area contributed by atoms with Crippen molar-refractivity contribution in [1.82, 2.24) is 4.90 Å². The molecule has 1 nitrogen and oxygen atoms in total. The zero-order chi connectivity index (χ0) is 13.0. The molecule has 0 amide bonds. The monoisotopic (exact) mass is 327 g/mol. The molecule has 3 heteroatoms. The van der Waals surface area contributed by atoms with Crippen LogP contribution in [-0.4, -0.2) is 24.2 Å². The Morgan fingerprint density at radius 2 is 1.83 bits per heavy atom. The van der Waals surface area contributed by atoms with E-state index in [4.69, 9.17) is 0 Å². The van der Waals surface area contributed by atoms with Crippen LogP contribution in [0.4, 0.5) is 0 Å². The molecule has 2 rings (SSSR count). The summed E-state index contributed by atoms with van der Waals surface area (Å²) in [7, 11) is 2.23. The molecular weight excluding hydrogens is 306 g/mol. The van der Waals surface area contributed by atoms with Crippen LogP contribution in [0.2, 0.25) is 0 Å². The second-order valence-electron chi connectivity index (χ2n) is 5.66. The van der Waals surface area contributed by atoms with Gasteiger partial charge in [0.15, 0.2) is 0 Å². The van der Waals surface area contributed by atoms with E-state index in [1.54, 1.807) is 0 Å². The van der Waals surface area contributed by atoms with Gasteiger partial charge in [-0.25, -0.2) is 0 Å². The van der Waals surface area contributed by atoms with E-state index >= 15 is 0 Å². The number of thiol groups is 1. The van der Waals surface area contributed by atoms with Gasteiger partial charge in [0.05, 0.1) is 0 Å². The topological polar surface area (TPSA) is 3.24 Å². The van der Waals surface area contributed by atoms with Gasteiger partial charge < -0.3 is 4.90 Å². The van der Waals surface area contributed by atoms with Gasteiger partial charge in [-0.05, 0) is 48.8 Å². The third kappa shape index (κ3) is 3.75. The fourth-order valence-corrected chi connectivity index (χ4v) is 3.70. The maximum Gasteiger partial charge on any atom is 0.0230 e. The number of halogens is 1. The van der Waals surface area contributed by atoms with Crippen LogP contribution in [0.1, 0.15) is 31.2 Å². The second kappa shape index (κ2) is 6.44. The van der Waals surface area contributed by atoms with Crippen LogP contribution in [0, 0.1) is 5.41 Å². The van der Waals surface area contributed by atoms with Gasteiger partial charge >= 0.3 is 0 Å². The number of hydrogen-bond donors (Lipinski definition) is 1. The fourth-order valence-electron chi connectivity index (χ4n) is 3.02. The van der Waals surface area contributed by atoms with Gasteiger partial charge in [-0.3, -0.25) is 0 Å². The number of nitrogens with zero attached hydrogens (tertiary/aromatic N) is 1. The van der Waals surface area contributed by atoms with Crippen LogP contribution >= 0.6 is 28.6 Å². The second-order valence-corrected chi connectivity index (χ2v) is 6.90. The van der Waals surface area contributed by atoms with Crippen molar-refractivity contribution in [3.63, 3.8) is 0 Å². The lowest BCUT2D eigenvalue weighted by molar-refractivity contribution is 0.196. The van der Waals surface area contributed by atoms with E-state index in [-0.39, 0.29) is 0 Å². The van der Waals surface area contributed by atoms with Gasteiger partial charge in [-0.15, -0.1) is 0 Å². The molecule has 0 bridgehead atoms. The molecule has 1 aromatic rings. The molecule has 0 atom stereocenters. The average Bonchev–Trinajstić information content (AvgIpc) is 2.81. The van der Waals surface area contributed by atoms with Crippen LogP contribution in [0.5, 0.6) is 0 Å². The Kier molecular flexibility index (Phi) is 5.16. The zero-order valence-corrected chi connectivity index (χ0v) is 13.5. The van der Waals surface area contributed by atoms with Crippen molar-refractivity contribution >= 4 is 28.6 Å². The van der Waals surface area contributed by atoms with Crippen molar-refractivity contribution in [1.29, 1.82) is 0 Å². The molecule has 1 fully saturated rings. The minimum atomic E-state index is 0.466. The minimum Gasteiger partial charge on any atom is -0.302 e. The van der Waals surface area contributed by atoms with Gasteiger partial charge in [-0.1, -0.05) is 40.9 Å². The molecule has 0 spiro atoms. The lowest BCUT2D eigenvalue weighted by Gasteiger charge is -2.32. The third-order valence-electron chi connectivity index (χ3n) is 3.97. The van der Waals surface area contributed by atoms with E-state index in [1.165, 1.54) is 37.8 Å². The summed E-state index contributed by atoms with van der Waals surface area (Å²) in [5.41, 5.74) is 1.85. The first-order chi connectivity index (χ1) is 8.63. The largest absolute Gasteiger partial charge is 0.302 e. The molecule has 0 heterocycles. The maximum atomic E-state index is 4.58. The SMILES string of the molecule is CN(Cc1ccc(Br)cc1)CC1(CS)CCCC1. The molecule has 1 aliphatic carbocycles. The van der Waals surface area contributed by atoms with Gasteiger partial charge in [0, 0.05) is 17.6 Å². The predicted molar refractivity (Wildman–Crippen MR) is 85.2 cm³/mol. The van der Waals surface area contributed by atoms with Crippen molar-refractivity contribution in [2.45, 2.75) is 32.2 Å². The summed E-state index contributed by atoms with van der Waals surface area (Å²) in [4.78, 5) is 2.45. The summed E-state index contributed by atoms with van der Waals surface area (Å²) >= 11 is 8.06. The molecule has 0 radical (unpaired) electrons. The lowest BCUT2D eigenvalue weighted by atomic mass is 9.88. The highest BCUT2D eigenvalue weighted by Crippen LogP contribution is 2.39. The normalized spacial score (nSPS) is 18.4. The summed E-state index contributed by atoms with van der Waals surface area (Å²) in [5, 5.41) is 0. The maximum absolute atomic E-state index is 4.58. The molecule has 0 aromatic heterocycles. The van der Waals surface area contributed by atoms with Crippen molar-refractivity contribution in [2.24, 2.45) is 5.41 Å². The Hall–Kier alpha value is 0.01000. The van der Waals surface area contributed by atoms with E-state index in [9.17, 15) is 0 Å². The smallest absolute Gasteiger partial charge is 0.0230 e. The van der Waals surface area contributed by atoms with E-state index in [1.807, 2.05) is 0 Å². The summed E-state index contributed by atoms with van der Waals surface area (Å²) in [6.45, 7) is 2.20. The molecule has 18 heavy (non-hydrogen) atoms. The van der Waals surface area contributed by atoms with Crippen LogP contribution in [0.15, 0.2) is 28.7 Å².